The highest BCUT2D eigenvalue weighted by Crippen LogP contribution is 2.43. The Balaban J connectivity index is 1.47. The molecular formula is C25H27NO5. The molecule has 2 aromatic carbocycles. The Kier molecular flexibility index (Phi) is 5.32. The maximum absolute atomic E-state index is 13.1. The number of carbonyl (C=O) groups excluding carboxylic acids is 1. The summed E-state index contributed by atoms with van der Waals surface area (Å²) in [6, 6.07) is 9.78. The van der Waals surface area contributed by atoms with Gasteiger partial charge in [0.05, 0.1) is 25.3 Å². The van der Waals surface area contributed by atoms with Gasteiger partial charge in [-0.15, -0.1) is 0 Å². The molecule has 6 heteroatoms. The minimum Gasteiger partial charge on any atom is -0.493 e. The Hall–Kier alpha value is -2.99. The molecule has 0 bridgehead atoms. The Morgan fingerprint density at radius 3 is 2.68 bits per heavy atom. The van der Waals surface area contributed by atoms with E-state index in [0.29, 0.717) is 35.6 Å². The number of ether oxygens (including phenoxy) is 4. The van der Waals surface area contributed by atoms with Crippen LogP contribution in [0, 0.1) is 0 Å². The summed E-state index contributed by atoms with van der Waals surface area (Å²) < 4.78 is 23.1. The first-order valence-electron chi connectivity index (χ1n) is 10.9. The summed E-state index contributed by atoms with van der Waals surface area (Å²) >= 11 is 0. The first kappa shape index (κ1) is 19.9. The van der Waals surface area contributed by atoms with Gasteiger partial charge in [0.1, 0.15) is 18.2 Å². The van der Waals surface area contributed by atoms with Crippen LogP contribution in [-0.4, -0.2) is 37.7 Å². The van der Waals surface area contributed by atoms with Crippen molar-refractivity contribution in [2.75, 3.05) is 21.0 Å². The number of fused-ring (bicyclic) bond motifs is 3. The van der Waals surface area contributed by atoms with Crippen molar-refractivity contribution in [3.8, 4) is 23.0 Å². The summed E-state index contributed by atoms with van der Waals surface area (Å²) in [5, 5.41) is 0. The van der Waals surface area contributed by atoms with Crippen LogP contribution in [0.1, 0.15) is 53.6 Å². The summed E-state index contributed by atoms with van der Waals surface area (Å²) in [6.07, 6.45) is 7.98. The van der Waals surface area contributed by atoms with Crippen LogP contribution < -0.4 is 18.9 Å². The molecule has 0 amide bonds. The summed E-state index contributed by atoms with van der Waals surface area (Å²) in [6.45, 7) is 1.33. The van der Waals surface area contributed by atoms with Crippen LogP contribution in [0.25, 0.3) is 6.08 Å². The van der Waals surface area contributed by atoms with Gasteiger partial charge in [-0.2, -0.15) is 0 Å². The summed E-state index contributed by atoms with van der Waals surface area (Å²) in [4.78, 5) is 15.5. The molecule has 1 saturated carbocycles. The Bertz CT molecular complexity index is 1040. The molecule has 2 aliphatic heterocycles. The van der Waals surface area contributed by atoms with E-state index in [1.54, 1.807) is 26.4 Å². The Labute approximate surface area is 182 Å². The van der Waals surface area contributed by atoms with Crippen molar-refractivity contribution in [3.63, 3.8) is 0 Å². The van der Waals surface area contributed by atoms with Crippen molar-refractivity contribution in [2.45, 2.75) is 44.7 Å². The van der Waals surface area contributed by atoms with E-state index in [9.17, 15) is 4.79 Å². The molecule has 2 aromatic rings. The van der Waals surface area contributed by atoms with E-state index in [0.717, 1.165) is 23.4 Å². The SMILES string of the molecule is COc1cccc(/C=C2\Oc3c(ccc4c3CN(C3CCCCC3)CO4)C2=O)c1OC. The second-order valence-electron chi connectivity index (χ2n) is 8.25. The van der Waals surface area contributed by atoms with E-state index in [2.05, 4.69) is 4.90 Å². The molecule has 1 fully saturated rings. The largest absolute Gasteiger partial charge is 0.493 e. The summed E-state index contributed by atoms with van der Waals surface area (Å²) in [5.74, 6) is 2.75. The molecule has 0 atom stereocenters. The average Bonchev–Trinajstić information content (AvgIpc) is 3.14. The standard InChI is InChI=1S/C25H27NO5/c1-28-21-10-6-7-16(24(21)29-2)13-22-23(27)18-11-12-20-19(25(18)31-22)14-26(15-30-20)17-8-4-3-5-9-17/h6-7,10-13,17H,3-5,8-9,14-15H2,1-2H3/b22-13-. The molecule has 3 aliphatic rings. The van der Waals surface area contributed by atoms with Crippen LogP contribution in [0.2, 0.25) is 0 Å². The predicted octanol–water partition coefficient (Wildman–Crippen LogP) is 4.80. The number of benzene rings is 2. The minimum atomic E-state index is -0.127. The molecular weight excluding hydrogens is 394 g/mol. The zero-order valence-corrected chi connectivity index (χ0v) is 18.0. The van der Waals surface area contributed by atoms with Gasteiger partial charge in [-0.1, -0.05) is 31.4 Å². The van der Waals surface area contributed by atoms with Crippen LogP contribution in [0.4, 0.5) is 0 Å². The number of methoxy groups -OCH3 is 2. The lowest BCUT2D eigenvalue weighted by atomic mass is 9.93. The van der Waals surface area contributed by atoms with E-state index < -0.39 is 0 Å². The molecule has 0 saturated heterocycles. The van der Waals surface area contributed by atoms with Crippen molar-refractivity contribution in [3.05, 3.63) is 52.8 Å². The van der Waals surface area contributed by atoms with E-state index in [1.807, 2.05) is 24.3 Å². The van der Waals surface area contributed by atoms with Gasteiger partial charge in [0.25, 0.3) is 0 Å². The third-order valence-corrected chi connectivity index (χ3v) is 6.46. The van der Waals surface area contributed by atoms with E-state index in [1.165, 1.54) is 32.1 Å². The zero-order chi connectivity index (χ0) is 21.4. The lowest BCUT2D eigenvalue weighted by Crippen LogP contribution is -2.41. The fourth-order valence-electron chi connectivity index (χ4n) is 4.82. The molecule has 0 N–H and O–H groups in total. The van der Waals surface area contributed by atoms with Crippen molar-refractivity contribution in [2.24, 2.45) is 0 Å². The normalized spacial score (nSPS) is 20.1. The maximum atomic E-state index is 13.1. The van der Waals surface area contributed by atoms with Crippen LogP contribution in [0.15, 0.2) is 36.1 Å². The van der Waals surface area contributed by atoms with Crippen molar-refractivity contribution >= 4 is 11.9 Å². The number of nitrogens with zero attached hydrogens (tertiary/aromatic N) is 1. The molecule has 0 spiro atoms. The highest BCUT2D eigenvalue weighted by atomic mass is 16.5. The van der Waals surface area contributed by atoms with E-state index in [-0.39, 0.29) is 11.5 Å². The predicted molar refractivity (Wildman–Crippen MR) is 117 cm³/mol. The van der Waals surface area contributed by atoms with E-state index >= 15 is 0 Å². The molecule has 31 heavy (non-hydrogen) atoms. The quantitative estimate of drug-likeness (QED) is 0.661. The second-order valence-corrected chi connectivity index (χ2v) is 8.25. The Morgan fingerprint density at radius 2 is 1.90 bits per heavy atom. The molecule has 5 rings (SSSR count). The van der Waals surface area contributed by atoms with E-state index in [4.69, 9.17) is 18.9 Å². The first-order valence-corrected chi connectivity index (χ1v) is 10.9. The number of hydrogen-bond acceptors (Lipinski definition) is 6. The molecule has 6 nitrogen and oxygen atoms in total. The lowest BCUT2D eigenvalue weighted by molar-refractivity contribution is 0.0394. The maximum Gasteiger partial charge on any atom is 0.231 e. The smallest absolute Gasteiger partial charge is 0.231 e. The fourth-order valence-corrected chi connectivity index (χ4v) is 4.82. The summed E-state index contributed by atoms with van der Waals surface area (Å²) in [5.41, 5.74) is 2.27. The van der Waals surface area contributed by atoms with Crippen LogP contribution in [0.3, 0.4) is 0 Å². The van der Waals surface area contributed by atoms with Crippen LogP contribution >= 0.6 is 0 Å². The molecule has 1 aliphatic carbocycles. The van der Waals surface area contributed by atoms with Crippen molar-refractivity contribution in [1.29, 1.82) is 0 Å². The monoisotopic (exact) mass is 421 g/mol. The second kappa shape index (κ2) is 8.27. The van der Waals surface area contributed by atoms with Gasteiger partial charge >= 0.3 is 0 Å². The van der Waals surface area contributed by atoms with Crippen LogP contribution in [0.5, 0.6) is 23.0 Å². The lowest BCUT2D eigenvalue weighted by Gasteiger charge is -2.37. The summed E-state index contributed by atoms with van der Waals surface area (Å²) in [7, 11) is 3.17. The third-order valence-electron chi connectivity index (χ3n) is 6.46. The molecule has 0 radical (unpaired) electrons. The number of hydrogen-bond donors (Lipinski definition) is 0. The fraction of sp³-hybridized carbons (Fsp3) is 0.400. The number of para-hydroxylation sites is 1. The third kappa shape index (κ3) is 3.55. The number of rotatable bonds is 4. The molecule has 0 aromatic heterocycles. The average molecular weight is 421 g/mol. The highest BCUT2D eigenvalue weighted by Gasteiger charge is 2.35. The van der Waals surface area contributed by atoms with Gasteiger partial charge in [-0.25, -0.2) is 0 Å². The van der Waals surface area contributed by atoms with Gasteiger partial charge < -0.3 is 18.9 Å². The molecule has 2 heterocycles. The van der Waals surface area contributed by atoms with Crippen molar-refractivity contribution < 1.29 is 23.7 Å². The van der Waals surface area contributed by atoms with Gasteiger partial charge in [0.2, 0.25) is 5.78 Å². The number of allylic oxidation sites excluding steroid dienone is 1. The number of carbonyl (C=O) groups is 1. The Morgan fingerprint density at radius 1 is 1.06 bits per heavy atom. The zero-order valence-electron chi connectivity index (χ0n) is 18.0. The molecule has 162 valence electrons. The topological polar surface area (TPSA) is 57.2 Å². The van der Waals surface area contributed by atoms with Gasteiger partial charge in [-0.05, 0) is 37.1 Å². The molecule has 0 unspecified atom stereocenters. The highest BCUT2D eigenvalue weighted by molar-refractivity contribution is 6.15. The van der Waals surface area contributed by atoms with Crippen molar-refractivity contribution in [1.82, 2.24) is 4.90 Å². The number of Topliss-reactive ketones (excluding diaryl/α,β-unsaturated/α-hetero) is 1. The number of ketones is 1. The van der Waals surface area contributed by atoms with Gasteiger partial charge in [-0.3, -0.25) is 9.69 Å². The first-order chi connectivity index (χ1) is 15.2. The van der Waals surface area contributed by atoms with Gasteiger partial charge in [0.15, 0.2) is 17.3 Å². The van der Waals surface area contributed by atoms with Gasteiger partial charge in [0, 0.05) is 18.2 Å². The minimum absolute atomic E-state index is 0.127. The van der Waals surface area contributed by atoms with Crippen LogP contribution in [-0.2, 0) is 6.54 Å².